The second-order valence-corrected chi connectivity index (χ2v) is 13.6. The lowest BCUT2D eigenvalue weighted by Crippen LogP contribution is -2.31. The number of pyridine rings is 2. The molecule has 1 unspecified atom stereocenters. The summed E-state index contributed by atoms with van der Waals surface area (Å²) in [5.74, 6) is 2.19. The maximum absolute atomic E-state index is 12.9. The normalized spacial score (nSPS) is 22.2. The monoisotopic (exact) mass is 614 g/mol. The highest BCUT2D eigenvalue weighted by atomic mass is 35.5. The van der Waals surface area contributed by atoms with E-state index in [2.05, 4.69) is 39.2 Å². The summed E-state index contributed by atoms with van der Waals surface area (Å²) < 4.78 is 8.73. The van der Waals surface area contributed by atoms with Crippen molar-refractivity contribution in [1.29, 1.82) is 0 Å². The van der Waals surface area contributed by atoms with Crippen LogP contribution in [0, 0.1) is 11.8 Å². The fraction of sp³-hybridized carbons (Fsp3) is 0.613. The molecule has 2 atom stereocenters. The first-order chi connectivity index (χ1) is 20.3. The van der Waals surface area contributed by atoms with Gasteiger partial charge in [0.25, 0.3) is 11.8 Å². The predicted molar refractivity (Wildman–Crippen MR) is 168 cm³/mol. The minimum atomic E-state index is -0.443. The van der Waals surface area contributed by atoms with Crippen LogP contribution in [0.2, 0.25) is 5.15 Å². The molecule has 3 fully saturated rings. The maximum Gasteiger partial charge on any atom is 0.264 e. The van der Waals surface area contributed by atoms with Crippen molar-refractivity contribution in [3.63, 3.8) is 0 Å². The number of amides is 2. The Hall–Kier alpha value is -2.40. The fourth-order valence-electron chi connectivity index (χ4n) is 6.28. The number of aromatic nitrogens is 2. The van der Waals surface area contributed by atoms with Gasteiger partial charge in [0.05, 0.1) is 5.56 Å². The van der Waals surface area contributed by atoms with E-state index in [4.69, 9.17) is 16.3 Å². The fourth-order valence-corrected chi connectivity index (χ4v) is 7.11. The van der Waals surface area contributed by atoms with Gasteiger partial charge in [0.2, 0.25) is 0 Å². The van der Waals surface area contributed by atoms with E-state index in [9.17, 15) is 9.59 Å². The first-order valence-electron chi connectivity index (χ1n) is 15.3. The number of carbonyl (C=O) groups excluding carboxylic acids is 2. The lowest BCUT2D eigenvalue weighted by molar-refractivity contribution is -0.127. The third-order valence-corrected chi connectivity index (χ3v) is 9.58. The summed E-state index contributed by atoms with van der Waals surface area (Å²) in [6.45, 7) is 7.59. The zero-order chi connectivity index (χ0) is 29.5. The topological polar surface area (TPSA) is 108 Å². The number of anilines is 2. The SMILES string of the molecule is CC1(C)C[C@H](CCCNc2cccc(SNC(=O)c3ccc(N4CCC(OCCC5CCCC5)C4=O)nc3Cl)n2)CN1. The Morgan fingerprint density at radius 3 is 2.74 bits per heavy atom. The molecular weight excluding hydrogens is 572 g/mol. The smallest absolute Gasteiger partial charge is 0.264 e. The standard InChI is InChI=1S/C31H43ClN6O3S/c1-31(2)19-22(20-34-31)9-6-16-33-25-10-5-11-27(35-25)42-37-29(39)23-12-13-26(36-28(23)32)38-17-14-24(30(38)40)41-18-15-21-7-3-4-8-21/h5,10-13,21-22,24,34H,3-4,6-9,14-20H2,1-2H3,(H,33,35)(H,37,39)/t22-,24?/m0/s1. The minimum Gasteiger partial charge on any atom is -0.370 e. The highest BCUT2D eigenvalue weighted by molar-refractivity contribution is 7.97. The molecular formula is C31H43ClN6O3S. The number of nitrogens with zero attached hydrogens (tertiary/aromatic N) is 3. The molecule has 1 aliphatic carbocycles. The average molecular weight is 615 g/mol. The van der Waals surface area contributed by atoms with E-state index in [1.165, 1.54) is 38.5 Å². The van der Waals surface area contributed by atoms with E-state index in [0.717, 1.165) is 55.5 Å². The van der Waals surface area contributed by atoms with Crippen LogP contribution in [0.1, 0.15) is 82.0 Å². The van der Waals surface area contributed by atoms with Crippen molar-refractivity contribution >= 4 is 47.0 Å². The number of carbonyl (C=O) groups is 2. The Morgan fingerprint density at radius 1 is 1.14 bits per heavy atom. The summed E-state index contributed by atoms with van der Waals surface area (Å²) >= 11 is 7.53. The second kappa shape index (κ2) is 14.4. The molecule has 0 aromatic carbocycles. The van der Waals surface area contributed by atoms with Crippen molar-refractivity contribution in [1.82, 2.24) is 20.0 Å². The molecule has 4 heterocycles. The lowest BCUT2D eigenvalue weighted by Gasteiger charge is -2.17. The van der Waals surface area contributed by atoms with Crippen LogP contribution >= 0.6 is 23.5 Å². The summed E-state index contributed by atoms with van der Waals surface area (Å²) in [7, 11) is 0. The van der Waals surface area contributed by atoms with Crippen molar-refractivity contribution < 1.29 is 14.3 Å². The van der Waals surface area contributed by atoms with Crippen LogP contribution in [-0.2, 0) is 9.53 Å². The molecule has 1 saturated carbocycles. The molecule has 9 nitrogen and oxygen atoms in total. The first-order valence-corrected chi connectivity index (χ1v) is 16.5. The number of rotatable bonds is 13. The molecule has 2 aromatic rings. The number of halogens is 1. The van der Waals surface area contributed by atoms with Gasteiger partial charge in [-0.15, -0.1) is 0 Å². The van der Waals surface area contributed by atoms with Crippen LogP contribution in [0.4, 0.5) is 11.6 Å². The van der Waals surface area contributed by atoms with Gasteiger partial charge in [0, 0.05) is 43.6 Å². The Morgan fingerprint density at radius 2 is 1.98 bits per heavy atom. The Bertz CT molecular complexity index is 1240. The molecule has 0 bridgehead atoms. The highest BCUT2D eigenvalue weighted by Crippen LogP contribution is 2.29. The van der Waals surface area contributed by atoms with Crippen molar-refractivity contribution in [3.8, 4) is 0 Å². The van der Waals surface area contributed by atoms with Gasteiger partial charge in [-0.05, 0) is 82.2 Å². The zero-order valence-electron chi connectivity index (χ0n) is 24.7. The molecule has 11 heteroatoms. The summed E-state index contributed by atoms with van der Waals surface area (Å²) in [4.78, 5) is 36.4. The van der Waals surface area contributed by atoms with E-state index < -0.39 is 6.10 Å². The van der Waals surface area contributed by atoms with Gasteiger partial charge in [-0.25, -0.2) is 9.97 Å². The molecule has 2 aliphatic heterocycles. The van der Waals surface area contributed by atoms with Gasteiger partial charge in [-0.3, -0.25) is 19.2 Å². The third-order valence-electron chi connectivity index (χ3n) is 8.57. The maximum atomic E-state index is 12.9. The van der Waals surface area contributed by atoms with Gasteiger partial charge in [0.15, 0.2) is 0 Å². The van der Waals surface area contributed by atoms with Crippen LogP contribution in [-0.4, -0.2) is 59.7 Å². The van der Waals surface area contributed by atoms with Gasteiger partial charge in [0.1, 0.15) is 27.9 Å². The quantitative estimate of drug-likeness (QED) is 0.146. The molecule has 3 N–H and O–H groups in total. The van der Waals surface area contributed by atoms with Gasteiger partial charge >= 0.3 is 0 Å². The molecule has 2 aromatic heterocycles. The Balaban J connectivity index is 1.06. The van der Waals surface area contributed by atoms with E-state index in [1.807, 2.05) is 18.2 Å². The Labute approximate surface area is 258 Å². The summed E-state index contributed by atoms with van der Waals surface area (Å²) in [6.07, 6.45) is 9.82. The van der Waals surface area contributed by atoms with Crippen molar-refractivity contribution in [2.75, 3.05) is 36.5 Å². The molecule has 0 radical (unpaired) electrons. The molecule has 3 aliphatic rings. The largest absolute Gasteiger partial charge is 0.370 e. The summed E-state index contributed by atoms with van der Waals surface area (Å²) in [5.41, 5.74) is 0.486. The van der Waals surface area contributed by atoms with Gasteiger partial charge in [-0.1, -0.05) is 43.4 Å². The zero-order valence-corrected chi connectivity index (χ0v) is 26.2. The van der Waals surface area contributed by atoms with Crippen molar-refractivity contribution in [2.45, 2.75) is 88.3 Å². The lowest BCUT2D eigenvalue weighted by atomic mass is 9.94. The number of nitrogens with one attached hydrogen (secondary N) is 3. The molecule has 2 saturated heterocycles. The number of hydrogen-bond acceptors (Lipinski definition) is 8. The predicted octanol–water partition coefficient (Wildman–Crippen LogP) is 5.85. The third kappa shape index (κ3) is 8.36. The Kier molecular flexibility index (Phi) is 10.6. The van der Waals surface area contributed by atoms with Gasteiger partial charge < -0.3 is 15.4 Å². The summed E-state index contributed by atoms with van der Waals surface area (Å²) in [6, 6.07) is 8.95. The van der Waals surface area contributed by atoms with Crippen LogP contribution in [0.5, 0.6) is 0 Å². The highest BCUT2D eigenvalue weighted by Gasteiger charge is 2.34. The van der Waals surface area contributed by atoms with Crippen molar-refractivity contribution in [3.05, 3.63) is 41.0 Å². The number of ether oxygens (including phenoxy) is 1. The molecule has 5 rings (SSSR count). The van der Waals surface area contributed by atoms with Crippen molar-refractivity contribution in [2.24, 2.45) is 11.8 Å². The molecule has 2 amide bonds. The van der Waals surface area contributed by atoms with E-state index >= 15 is 0 Å². The van der Waals surface area contributed by atoms with Crippen LogP contribution in [0.25, 0.3) is 0 Å². The first kappa shape index (κ1) is 31.0. The van der Waals surface area contributed by atoms with E-state index in [-0.39, 0.29) is 28.1 Å². The molecule has 42 heavy (non-hydrogen) atoms. The summed E-state index contributed by atoms with van der Waals surface area (Å²) in [5, 5.41) is 7.69. The van der Waals surface area contributed by atoms with Crippen LogP contribution in [0.15, 0.2) is 35.4 Å². The van der Waals surface area contributed by atoms with E-state index in [1.54, 1.807) is 17.0 Å². The second-order valence-electron chi connectivity index (χ2n) is 12.4. The number of hydrogen-bond donors (Lipinski definition) is 3. The van der Waals surface area contributed by atoms with Crippen LogP contribution < -0.4 is 20.3 Å². The molecule has 228 valence electrons. The average Bonchev–Trinajstić information content (AvgIpc) is 3.71. The molecule has 0 spiro atoms. The van der Waals surface area contributed by atoms with E-state index in [0.29, 0.717) is 30.4 Å². The van der Waals surface area contributed by atoms with Crippen LogP contribution in [0.3, 0.4) is 0 Å². The minimum absolute atomic E-state index is 0.0493. The van der Waals surface area contributed by atoms with Gasteiger partial charge in [-0.2, -0.15) is 0 Å².